The topological polar surface area (TPSA) is 86.8 Å². The van der Waals surface area contributed by atoms with Gasteiger partial charge in [0.2, 0.25) is 11.8 Å². The van der Waals surface area contributed by atoms with Gasteiger partial charge in [-0.3, -0.25) is 13.9 Å². The van der Waals surface area contributed by atoms with Crippen LogP contribution in [0.4, 0.5) is 5.69 Å². The fraction of sp³-hybridized carbons (Fsp3) is 0.333. The van der Waals surface area contributed by atoms with Crippen molar-refractivity contribution in [3.63, 3.8) is 0 Å². The summed E-state index contributed by atoms with van der Waals surface area (Å²) >= 11 is 25.4. The number of halogens is 4. The van der Waals surface area contributed by atoms with E-state index in [4.69, 9.17) is 46.4 Å². The van der Waals surface area contributed by atoms with Gasteiger partial charge in [-0.25, -0.2) is 8.42 Å². The summed E-state index contributed by atoms with van der Waals surface area (Å²) in [5, 5.41) is 4.03. The van der Waals surface area contributed by atoms with Gasteiger partial charge in [0.15, 0.2) is 0 Å². The molecule has 0 bridgehead atoms. The number of carbonyl (C=O) groups is 2. The Morgan fingerprint density at radius 1 is 0.881 bits per heavy atom. The van der Waals surface area contributed by atoms with Crippen LogP contribution in [0.5, 0.6) is 0 Å². The standard InChI is InChI=1S/C30H31Cl4N3O4S/c1-20(30(39)35-22-9-4-2-5-10-22)36(18-24-25(32)13-8-14-26(24)33)29(38)19-37(28-16-15-21(31)17-27(28)34)42(40,41)23-11-6-3-7-12-23/h3,6-8,11-17,20,22H,2,4-5,9-10,18-19H2,1H3,(H,35,39). The van der Waals surface area contributed by atoms with E-state index in [1.54, 1.807) is 43.3 Å². The van der Waals surface area contributed by atoms with Crippen LogP contribution in [0.3, 0.4) is 0 Å². The zero-order chi connectivity index (χ0) is 30.4. The SMILES string of the molecule is CC(C(=O)NC1CCCCC1)N(Cc1c(Cl)cccc1Cl)C(=O)CN(c1ccc(Cl)cc1Cl)S(=O)(=O)c1ccccc1. The number of benzene rings is 3. The van der Waals surface area contributed by atoms with Crippen LogP contribution < -0.4 is 9.62 Å². The first-order valence-corrected chi connectivity index (χ1v) is 16.5. The summed E-state index contributed by atoms with van der Waals surface area (Å²) in [5.74, 6) is -0.997. The molecule has 1 fully saturated rings. The van der Waals surface area contributed by atoms with E-state index >= 15 is 0 Å². The highest BCUT2D eigenvalue weighted by Crippen LogP contribution is 2.33. The van der Waals surface area contributed by atoms with Crippen LogP contribution in [0.1, 0.15) is 44.6 Å². The number of anilines is 1. The van der Waals surface area contributed by atoms with Gasteiger partial charge in [0, 0.05) is 33.2 Å². The molecule has 4 rings (SSSR count). The third kappa shape index (κ3) is 7.71. The van der Waals surface area contributed by atoms with Crippen LogP contribution in [-0.4, -0.2) is 43.8 Å². The molecule has 1 aliphatic rings. The zero-order valence-electron chi connectivity index (χ0n) is 22.9. The number of hydrogen-bond acceptors (Lipinski definition) is 4. The van der Waals surface area contributed by atoms with Crippen molar-refractivity contribution < 1.29 is 18.0 Å². The van der Waals surface area contributed by atoms with E-state index in [9.17, 15) is 18.0 Å². The van der Waals surface area contributed by atoms with Crippen molar-refractivity contribution in [1.29, 1.82) is 0 Å². The molecular formula is C30H31Cl4N3O4S. The van der Waals surface area contributed by atoms with Gasteiger partial charge < -0.3 is 10.2 Å². The predicted octanol–water partition coefficient (Wildman–Crippen LogP) is 7.36. The van der Waals surface area contributed by atoms with E-state index in [1.807, 2.05) is 0 Å². The lowest BCUT2D eigenvalue weighted by atomic mass is 9.95. The summed E-state index contributed by atoms with van der Waals surface area (Å²) in [6.45, 7) is 0.831. The van der Waals surface area contributed by atoms with Crippen LogP contribution in [0.2, 0.25) is 20.1 Å². The Balaban J connectivity index is 1.72. The maximum atomic E-state index is 14.1. The molecule has 12 heteroatoms. The zero-order valence-corrected chi connectivity index (χ0v) is 26.7. The third-order valence-electron chi connectivity index (χ3n) is 7.30. The summed E-state index contributed by atoms with van der Waals surface area (Å²) < 4.78 is 28.7. The van der Waals surface area contributed by atoms with Crippen LogP contribution in [-0.2, 0) is 26.2 Å². The lowest BCUT2D eigenvalue weighted by Gasteiger charge is -2.33. The molecule has 1 saturated carbocycles. The molecule has 0 aliphatic heterocycles. The highest BCUT2D eigenvalue weighted by molar-refractivity contribution is 7.92. The van der Waals surface area contributed by atoms with Crippen molar-refractivity contribution in [1.82, 2.24) is 10.2 Å². The Morgan fingerprint density at radius 2 is 1.52 bits per heavy atom. The van der Waals surface area contributed by atoms with Gasteiger partial charge in [-0.05, 0) is 62.2 Å². The molecule has 7 nitrogen and oxygen atoms in total. The molecule has 0 heterocycles. The van der Waals surface area contributed by atoms with Gasteiger partial charge in [0.05, 0.1) is 15.6 Å². The van der Waals surface area contributed by atoms with Crippen molar-refractivity contribution in [3.8, 4) is 0 Å². The number of sulfonamides is 1. The number of rotatable bonds is 10. The number of nitrogens with zero attached hydrogens (tertiary/aromatic N) is 2. The predicted molar refractivity (Wildman–Crippen MR) is 169 cm³/mol. The van der Waals surface area contributed by atoms with Crippen LogP contribution in [0.25, 0.3) is 0 Å². The van der Waals surface area contributed by atoms with Gasteiger partial charge >= 0.3 is 0 Å². The number of hydrogen-bond donors (Lipinski definition) is 1. The summed E-state index contributed by atoms with van der Waals surface area (Å²) in [7, 11) is -4.27. The molecule has 224 valence electrons. The molecule has 0 saturated heterocycles. The van der Waals surface area contributed by atoms with Gasteiger partial charge in [-0.15, -0.1) is 0 Å². The molecule has 1 N–H and O–H groups in total. The molecule has 3 aromatic rings. The monoisotopic (exact) mass is 669 g/mol. The summed E-state index contributed by atoms with van der Waals surface area (Å²) in [6, 6.07) is 16.0. The average Bonchev–Trinajstić information content (AvgIpc) is 2.96. The Bertz CT molecular complexity index is 1510. The molecule has 0 spiro atoms. The van der Waals surface area contributed by atoms with Crippen molar-refractivity contribution >= 4 is 73.9 Å². The molecular weight excluding hydrogens is 640 g/mol. The van der Waals surface area contributed by atoms with Crippen LogP contribution in [0, 0.1) is 0 Å². The highest BCUT2D eigenvalue weighted by atomic mass is 35.5. The minimum Gasteiger partial charge on any atom is -0.352 e. The molecule has 3 aromatic carbocycles. The maximum Gasteiger partial charge on any atom is 0.264 e. The lowest BCUT2D eigenvalue weighted by molar-refractivity contribution is -0.139. The van der Waals surface area contributed by atoms with Crippen molar-refractivity contribution in [2.24, 2.45) is 0 Å². The van der Waals surface area contributed by atoms with E-state index in [1.165, 1.54) is 35.2 Å². The quantitative estimate of drug-likeness (QED) is 0.244. The van der Waals surface area contributed by atoms with Crippen molar-refractivity contribution in [2.75, 3.05) is 10.8 Å². The molecule has 2 amide bonds. The Labute approximate surface area is 266 Å². The number of amides is 2. The fourth-order valence-electron chi connectivity index (χ4n) is 4.92. The molecule has 1 aliphatic carbocycles. The van der Waals surface area contributed by atoms with Gasteiger partial charge in [0.1, 0.15) is 12.6 Å². The Hall–Kier alpha value is -2.49. The van der Waals surface area contributed by atoms with Crippen LogP contribution >= 0.6 is 46.4 Å². The van der Waals surface area contributed by atoms with E-state index in [0.717, 1.165) is 36.4 Å². The van der Waals surface area contributed by atoms with E-state index < -0.39 is 28.5 Å². The summed E-state index contributed by atoms with van der Waals surface area (Å²) in [6.07, 6.45) is 4.88. The number of nitrogens with one attached hydrogen (secondary N) is 1. The Kier molecular flexibility index (Phi) is 11.1. The smallest absolute Gasteiger partial charge is 0.264 e. The largest absolute Gasteiger partial charge is 0.352 e. The fourth-order valence-corrected chi connectivity index (χ4v) is 7.45. The minimum atomic E-state index is -4.27. The third-order valence-corrected chi connectivity index (χ3v) is 10.3. The molecule has 1 atom stereocenters. The summed E-state index contributed by atoms with van der Waals surface area (Å²) in [5.41, 5.74) is 0.502. The molecule has 1 unspecified atom stereocenters. The first-order valence-electron chi connectivity index (χ1n) is 13.5. The average molecular weight is 671 g/mol. The number of carbonyl (C=O) groups excluding carboxylic acids is 2. The lowest BCUT2D eigenvalue weighted by Crippen LogP contribution is -2.53. The van der Waals surface area contributed by atoms with Crippen molar-refractivity contribution in [2.45, 2.75) is 62.6 Å². The maximum absolute atomic E-state index is 14.1. The Morgan fingerprint density at radius 3 is 2.14 bits per heavy atom. The second-order valence-electron chi connectivity index (χ2n) is 10.2. The molecule has 0 radical (unpaired) electrons. The second kappa shape index (κ2) is 14.3. The first kappa shape index (κ1) is 32.4. The second-order valence-corrected chi connectivity index (χ2v) is 13.7. The normalized spacial score (nSPS) is 14.7. The van der Waals surface area contributed by atoms with Gasteiger partial charge in [-0.1, -0.05) is 89.9 Å². The van der Waals surface area contributed by atoms with E-state index in [-0.39, 0.29) is 34.1 Å². The molecule has 0 aromatic heterocycles. The minimum absolute atomic E-state index is 0.0115. The first-order chi connectivity index (χ1) is 20.0. The van der Waals surface area contributed by atoms with E-state index in [0.29, 0.717) is 20.6 Å². The van der Waals surface area contributed by atoms with E-state index in [2.05, 4.69) is 5.32 Å². The van der Waals surface area contributed by atoms with Crippen LogP contribution in [0.15, 0.2) is 71.6 Å². The highest BCUT2D eigenvalue weighted by Gasteiger charge is 2.34. The molecule has 42 heavy (non-hydrogen) atoms. The van der Waals surface area contributed by atoms with Gasteiger partial charge in [-0.2, -0.15) is 0 Å². The summed E-state index contributed by atoms with van der Waals surface area (Å²) in [4.78, 5) is 28.8. The van der Waals surface area contributed by atoms with Crippen molar-refractivity contribution in [3.05, 3.63) is 92.4 Å². The van der Waals surface area contributed by atoms with Gasteiger partial charge in [0.25, 0.3) is 10.0 Å².